The summed E-state index contributed by atoms with van der Waals surface area (Å²) in [6.45, 7) is 0.164. The third-order valence-electron chi connectivity index (χ3n) is 3.26. The molecule has 1 aliphatic rings. The standard InChI is InChI=1S/C13H16N2O4S2/c1-20(16,17)12-5-7-13(8-6-12)21(18,19)15(10-2-9-14)11-3-4-11/h5-8,11H,2-4,10H2,1H3. The number of sulfonamides is 1. The average Bonchev–Trinajstić information content (AvgIpc) is 3.23. The van der Waals surface area contributed by atoms with Gasteiger partial charge in [-0.15, -0.1) is 0 Å². The fourth-order valence-electron chi connectivity index (χ4n) is 2.02. The molecule has 1 aromatic carbocycles. The SMILES string of the molecule is CS(=O)(=O)c1ccc(S(=O)(=O)N(CCC#N)C2CC2)cc1. The highest BCUT2D eigenvalue weighted by atomic mass is 32.2. The lowest BCUT2D eigenvalue weighted by Crippen LogP contribution is -2.34. The van der Waals surface area contributed by atoms with Crippen LogP contribution in [-0.4, -0.2) is 40.0 Å². The van der Waals surface area contributed by atoms with Crippen molar-refractivity contribution in [3.05, 3.63) is 24.3 Å². The fourth-order valence-corrected chi connectivity index (χ4v) is 4.33. The van der Waals surface area contributed by atoms with E-state index in [-0.39, 0.29) is 28.8 Å². The van der Waals surface area contributed by atoms with E-state index in [1.165, 1.54) is 28.6 Å². The van der Waals surface area contributed by atoms with E-state index in [4.69, 9.17) is 5.26 Å². The highest BCUT2D eigenvalue weighted by molar-refractivity contribution is 7.90. The van der Waals surface area contributed by atoms with E-state index in [9.17, 15) is 16.8 Å². The van der Waals surface area contributed by atoms with Crippen LogP contribution in [0.2, 0.25) is 0 Å². The van der Waals surface area contributed by atoms with Crippen LogP contribution in [0.4, 0.5) is 0 Å². The van der Waals surface area contributed by atoms with Gasteiger partial charge in [-0.1, -0.05) is 0 Å². The third-order valence-corrected chi connectivity index (χ3v) is 6.35. The molecule has 8 heteroatoms. The van der Waals surface area contributed by atoms with Crippen LogP contribution < -0.4 is 0 Å². The zero-order valence-electron chi connectivity index (χ0n) is 11.6. The van der Waals surface area contributed by atoms with Gasteiger partial charge in [0.25, 0.3) is 0 Å². The van der Waals surface area contributed by atoms with Gasteiger partial charge in [0.05, 0.1) is 15.9 Å². The van der Waals surface area contributed by atoms with Crippen LogP contribution in [0.3, 0.4) is 0 Å². The number of nitrogens with zero attached hydrogens (tertiary/aromatic N) is 2. The van der Waals surface area contributed by atoms with Gasteiger partial charge in [-0.05, 0) is 37.1 Å². The summed E-state index contributed by atoms with van der Waals surface area (Å²) < 4.78 is 49.2. The molecule has 0 aliphatic heterocycles. The second-order valence-electron chi connectivity index (χ2n) is 5.00. The molecular formula is C13H16N2O4S2. The first-order chi connectivity index (χ1) is 9.76. The van der Waals surface area contributed by atoms with Crippen LogP contribution in [0.5, 0.6) is 0 Å². The van der Waals surface area contributed by atoms with Crippen LogP contribution in [0.25, 0.3) is 0 Å². The monoisotopic (exact) mass is 328 g/mol. The third kappa shape index (κ3) is 3.61. The van der Waals surface area contributed by atoms with Gasteiger partial charge >= 0.3 is 0 Å². The highest BCUT2D eigenvalue weighted by Gasteiger charge is 2.37. The molecule has 1 fully saturated rings. The van der Waals surface area contributed by atoms with Crippen molar-refractivity contribution in [2.75, 3.05) is 12.8 Å². The van der Waals surface area contributed by atoms with E-state index < -0.39 is 19.9 Å². The molecule has 0 bridgehead atoms. The predicted molar refractivity (Wildman–Crippen MR) is 76.7 cm³/mol. The molecule has 0 amide bonds. The van der Waals surface area contributed by atoms with Gasteiger partial charge in [0, 0.05) is 25.3 Å². The largest absolute Gasteiger partial charge is 0.243 e. The van der Waals surface area contributed by atoms with Crippen molar-refractivity contribution in [2.45, 2.75) is 35.1 Å². The second kappa shape index (κ2) is 5.75. The minimum absolute atomic E-state index is 0.0436. The number of hydrogen-bond acceptors (Lipinski definition) is 5. The molecule has 0 unspecified atom stereocenters. The minimum Gasteiger partial charge on any atom is -0.224 e. The number of rotatable bonds is 6. The normalized spacial score (nSPS) is 15.9. The summed E-state index contributed by atoms with van der Waals surface area (Å²) in [6.07, 6.45) is 2.80. The smallest absolute Gasteiger partial charge is 0.224 e. The molecule has 114 valence electrons. The van der Waals surface area contributed by atoms with E-state index in [1.807, 2.05) is 6.07 Å². The van der Waals surface area contributed by atoms with Crippen molar-refractivity contribution in [3.63, 3.8) is 0 Å². The van der Waals surface area contributed by atoms with Crippen LogP contribution in [0.1, 0.15) is 19.3 Å². The molecule has 1 aliphatic carbocycles. The zero-order chi connectivity index (χ0) is 15.7. The Morgan fingerprint density at radius 3 is 2.10 bits per heavy atom. The molecule has 0 aromatic heterocycles. The molecule has 2 rings (SSSR count). The van der Waals surface area contributed by atoms with Crippen molar-refractivity contribution >= 4 is 19.9 Å². The summed E-state index contributed by atoms with van der Waals surface area (Å²) in [6, 6.07) is 7.08. The van der Waals surface area contributed by atoms with Crippen molar-refractivity contribution < 1.29 is 16.8 Å². The van der Waals surface area contributed by atoms with Crippen molar-refractivity contribution in [1.82, 2.24) is 4.31 Å². The number of sulfone groups is 1. The topological polar surface area (TPSA) is 95.3 Å². The molecule has 0 heterocycles. The summed E-state index contributed by atoms with van der Waals surface area (Å²) in [4.78, 5) is 0.135. The molecule has 0 N–H and O–H groups in total. The second-order valence-corrected chi connectivity index (χ2v) is 8.90. The molecule has 21 heavy (non-hydrogen) atoms. The van der Waals surface area contributed by atoms with E-state index >= 15 is 0 Å². The Kier molecular flexibility index (Phi) is 4.37. The van der Waals surface area contributed by atoms with Gasteiger partial charge in [0.2, 0.25) is 10.0 Å². The van der Waals surface area contributed by atoms with Gasteiger partial charge < -0.3 is 0 Å². The van der Waals surface area contributed by atoms with Crippen LogP contribution >= 0.6 is 0 Å². The van der Waals surface area contributed by atoms with Crippen LogP contribution in [-0.2, 0) is 19.9 Å². The lowest BCUT2D eigenvalue weighted by atomic mass is 10.4. The van der Waals surface area contributed by atoms with Gasteiger partial charge in [-0.3, -0.25) is 0 Å². The lowest BCUT2D eigenvalue weighted by molar-refractivity contribution is 0.411. The Labute approximate surface area is 125 Å². The van der Waals surface area contributed by atoms with Crippen molar-refractivity contribution in [3.8, 4) is 6.07 Å². The van der Waals surface area contributed by atoms with Gasteiger partial charge in [-0.25, -0.2) is 16.8 Å². The maximum Gasteiger partial charge on any atom is 0.243 e. The molecule has 6 nitrogen and oxygen atoms in total. The minimum atomic E-state index is -3.68. The summed E-state index contributed by atoms with van der Waals surface area (Å²) in [7, 11) is -7.04. The van der Waals surface area contributed by atoms with Gasteiger partial charge in [0.1, 0.15) is 0 Å². The highest BCUT2D eigenvalue weighted by Crippen LogP contribution is 2.32. The molecule has 1 aromatic rings. The van der Waals surface area contributed by atoms with Gasteiger partial charge in [-0.2, -0.15) is 9.57 Å². The van der Waals surface area contributed by atoms with E-state index in [0.29, 0.717) is 0 Å². The molecule has 0 atom stereocenters. The Balaban J connectivity index is 2.32. The van der Waals surface area contributed by atoms with Gasteiger partial charge in [0.15, 0.2) is 9.84 Å². The maximum atomic E-state index is 12.5. The molecule has 1 saturated carbocycles. The molecule has 0 radical (unpaired) electrons. The number of hydrogen-bond donors (Lipinski definition) is 0. The fraction of sp³-hybridized carbons (Fsp3) is 0.462. The molecular weight excluding hydrogens is 312 g/mol. The Bertz CT molecular complexity index is 757. The number of nitriles is 1. The molecule has 0 saturated heterocycles. The summed E-state index contributed by atoms with van der Waals surface area (Å²) in [5, 5.41) is 8.64. The van der Waals surface area contributed by atoms with E-state index in [0.717, 1.165) is 19.1 Å². The Hall–Kier alpha value is -1.43. The Morgan fingerprint density at radius 1 is 1.14 bits per heavy atom. The predicted octanol–water partition coefficient (Wildman–Crippen LogP) is 1.16. The quantitative estimate of drug-likeness (QED) is 0.781. The summed E-state index contributed by atoms with van der Waals surface area (Å²) >= 11 is 0. The first-order valence-electron chi connectivity index (χ1n) is 6.46. The lowest BCUT2D eigenvalue weighted by Gasteiger charge is -2.20. The van der Waals surface area contributed by atoms with Crippen LogP contribution in [0.15, 0.2) is 34.1 Å². The average molecular weight is 328 g/mol. The van der Waals surface area contributed by atoms with Crippen LogP contribution in [0, 0.1) is 11.3 Å². The van der Waals surface area contributed by atoms with Crippen molar-refractivity contribution in [2.24, 2.45) is 0 Å². The summed E-state index contributed by atoms with van der Waals surface area (Å²) in [5.41, 5.74) is 0. The van der Waals surface area contributed by atoms with E-state index in [1.54, 1.807) is 0 Å². The maximum absolute atomic E-state index is 12.5. The summed E-state index contributed by atoms with van der Waals surface area (Å²) in [5.74, 6) is 0. The first kappa shape index (κ1) is 15.9. The zero-order valence-corrected chi connectivity index (χ0v) is 13.2. The van der Waals surface area contributed by atoms with Crippen molar-refractivity contribution in [1.29, 1.82) is 5.26 Å². The first-order valence-corrected chi connectivity index (χ1v) is 9.79. The van der Waals surface area contributed by atoms with E-state index in [2.05, 4.69) is 0 Å². The number of benzene rings is 1. The molecule has 0 spiro atoms. The Morgan fingerprint density at radius 2 is 1.67 bits per heavy atom.